The van der Waals surface area contributed by atoms with Crippen molar-refractivity contribution in [2.24, 2.45) is 0 Å². The van der Waals surface area contributed by atoms with Gasteiger partial charge in [-0.2, -0.15) is 0 Å². The van der Waals surface area contributed by atoms with E-state index in [-0.39, 0.29) is 39.6 Å². The number of benzene rings is 5. The lowest BCUT2D eigenvalue weighted by molar-refractivity contribution is -0.335. The number of hydrogen-bond acceptors (Lipinski definition) is 9. The third kappa shape index (κ3) is 11.7. The quantitative estimate of drug-likeness (QED) is 0.0931. The molecule has 58 heavy (non-hydrogen) atoms. The zero-order valence-electron chi connectivity index (χ0n) is 31.7. The van der Waals surface area contributed by atoms with Crippen LogP contribution in [0.15, 0.2) is 150 Å². The normalized spacial score (nSPS) is 27.3. The number of aliphatic hydroxyl groups excluding tert-OH is 1. The summed E-state index contributed by atoms with van der Waals surface area (Å²) in [5.41, 5.74) is 2.38. The highest BCUT2D eigenvalue weighted by Crippen LogP contribution is 2.40. The van der Waals surface area contributed by atoms with Gasteiger partial charge in [-0.05, 0) is 46.5 Å². The van der Waals surface area contributed by atoms with Crippen LogP contribution >= 0.6 is 23.4 Å². The number of alkyl halides is 2. The Morgan fingerprint density at radius 2 is 1.00 bits per heavy atom. The standard InChI is InChI=1S/C46H47ClF2O8S/c47-35-21-23-36(24-22-35)58-46-40(49)44(54-28-34-19-11-4-12-20-34)42(38(56-46)30-52-26-32-15-7-2-8-16-32)57-45-39(48)43(53-27-33-17-9-3-10-18-33)41(50)37(55-45)29-51-25-31-13-5-1-6-14-31/h1-24,37-46,50H,25-30H2/t37-,38-,39-,40-,41-,42-,43-,44-,45-,46+/m1/s1. The molecule has 0 radical (unpaired) electrons. The first-order valence-corrected chi connectivity index (χ1v) is 20.6. The van der Waals surface area contributed by atoms with Crippen LogP contribution in [-0.2, 0) is 59.6 Å². The SMILES string of the molecule is O[C@H]1[C@H](OCc2ccccc2)[C@@H](F)[C@@H](O[C@H]2[C@H](OCc3ccccc3)[C@@H](F)[C@H](Sc3ccc(Cl)cc3)O[C@@H]2COCc2ccccc2)O[C@@H]1COCc1ccccc1. The Morgan fingerprint density at radius 1 is 0.534 bits per heavy atom. The lowest BCUT2D eigenvalue weighted by Gasteiger charge is -2.47. The van der Waals surface area contributed by atoms with Gasteiger partial charge in [0.1, 0.15) is 42.1 Å². The van der Waals surface area contributed by atoms with Crippen LogP contribution in [0, 0.1) is 0 Å². The largest absolute Gasteiger partial charge is 0.387 e. The van der Waals surface area contributed by atoms with E-state index in [1.807, 2.05) is 121 Å². The third-order valence-electron chi connectivity index (χ3n) is 9.89. The topological polar surface area (TPSA) is 84.8 Å². The second-order valence-corrected chi connectivity index (χ2v) is 15.8. The molecule has 7 rings (SSSR count). The zero-order valence-corrected chi connectivity index (χ0v) is 33.3. The van der Waals surface area contributed by atoms with Crippen LogP contribution in [0.5, 0.6) is 0 Å². The minimum Gasteiger partial charge on any atom is -0.387 e. The van der Waals surface area contributed by atoms with Crippen molar-refractivity contribution in [2.45, 2.75) is 92.0 Å². The summed E-state index contributed by atoms with van der Waals surface area (Å²) >= 11 is 7.33. The van der Waals surface area contributed by atoms with Crippen molar-refractivity contribution in [3.63, 3.8) is 0 Å². The molecular formula is C46H47ClF2O8S. The minimum atomic E-state index is -2.00. The van der Waals surface area contributed by atoms with Crippen LogP contribution in [0.25, 0.3) is 0 Å². The Kier molecular flexibility index (Phi) is 15.7. The van der Waals surface area contributed by atoms with Crippen LogP contribution in [0.2, 0.25) is 5.02 Å². The molecule has 5 aromatic rings. The minimum absolute atomic E-state index is 0.0226. The van der Waals surface area contributed by atoms with Gasteiger partial charge in [-0.3, -0.25) is 0 Å². The van der Waals surface area contributed by atoms with Crippen molar-refractivity contribution in [3.05, 3.63) is 173 Å². The molecule has 5 aromatic carbocycles. The summed E-state index contributed by atoms with van der Waals surface area (Å²) in [7, 11) is 0. The molecule has 0 unspecified atom stereocenters. The maximum absolute atomic E-state index is 17.1. The van der Waals surface area contributed by atoms with Crippen LogP contribution in [-0.4, -0.2) is 79.0 Å². The lowest BCUT2D eigenvalue weighted by Crippen LogP contribution is -2.63. The van der Waals surface area contributed by atoms with E-state index in [4.69, 9.17) is 44.8 Å². The van der Waals surface area contributed by atoms with E-state index in [0.717, 1.165) is 27.1 Å². The first-order chi connectivity index (χ1) is 28.4. The summed E-state index contributed by atoms with van der Waals surface area (Å²) in [4.78, 5) is 0.729. The van der Waals surface area contributed by atoms with Gasteiger partial charge in [-0.1, -0.05) is 145 Å². The van der Waals surface area contributed by atoms with Crippen molar-refractivity contribution in [2.75, 3.05) is 13.2 Å². The molecule has 1 N–H and O–H groups in total. The average molecular weight is 833 g/mol. The molecule has 0 spiro atoms. The first kappa shape index (κ1) is 42.4. The fourth-order valence-corrected chi connectivity index (χ4v) is 8.01. The molecule has 0 aliphatic carbocycles. The maximum atomic E-state index is 17.1. The van der Waals surface area contributed by atoms with Gasteiger partial charge < -0.3 is 38.3 Å². The number of ether oxygens (including phenoxy) is 7. The van der Waals surface area contributed by atoms with Gasteiger partial charge in [0.2, 0.25) is 0 Å². The van der Waals surface area contributed by atoms with E-state index in [1.165, 1.54) is 11.8 Å². The Bertz CT molecular complexity index is 1920. The molecular weight excluding hydrogens is 786 g/mol. The Hall–Kier alpha value is -3.72. The summed E-state index contributed by atoms with van der Waals surface area (Å²) in [6, 6.07) is 44.8. The average Bonchev–Trinajstić information content (AvgIpc) is 3.25. The predicted octanol–water partition coefficient (Wildman–Crippen LogP) is 8.91. The second kappa shape index (κ2) is 21.5. The van der Waals surface area contributed by atoms with E-state index in [1.54, 1.807) is 24.3 Å². The second-order valence-electron chi connectivity index (χ2n) is 14.2. The van der Waals surface area contributed by atoms with Crippen molar-refractivity contribution in [1.82, 2.24) is 0 Å². The van der Waals surface area contributed by atoms with Gasteiger partial charge in [0.15, 0.2) is 18.6 Å². The number of hydrogen-bond donors (Lipinski definition) is 1. The predicted molar refractivity (Wildman–Crippen MR) is 218 cm³/mol. The Morgan fingerprint density at radius 3 is 1.52 bits per heavy atom. The van der Waals surface area contributed by atoms with Crippen LogP contribution in [0.3, 0.4) is 0 Å². The molecule has 2 aliphatic heterocycles. The van der Waals surface area contributed by atoms with Crippen molar-refractivity contribution < 1.29 is 47.0 Å². The summed E-state index contributed by atoms with van der Waals surface area (Å²) in [6.45, 7) is 0.400. The molecule has 0 saturated carbocycles. The summed E-state index contributed by atoms with van der Waals surface area (Å²) in [5, 5.41) is 12.0. The molecule has 306 valence electrons. The molecule has 2 saturated heterocycles. The zero-order chi connectivity index (χ0) is 40.1. The van der Waals surface area contributed by atoms with E-state index in [0.29, 0.717) is 5.02 Å². The van der Waals surface area contributed by atoms with Crippen LogP contribution in [0.4, 0.5) is 8.78 Å². The molecule has 2 heterocycles. The Balaban J connectivity index is 1.16. The summed E-state index contributed by atoms with van der Waals surface area (Å²) in [6.07, 6.45) is -12.7. The van der Waals surface area contributed by atoms with E-state index >= 15 is 8.78 Å². The van der Waals surface area contributed by atoms with Crippen molar-refractivity contribution in [3.8, 4) is 0 Å². The lowest BCUT2D eigenvalue weighted by atomic mass is 9.97. The monoisotopic (exact) mass is 832 g/mol. The third-order valence-corrected chi connectivity index (χ3v) is 11.3. The fourth-order valence-electron chi connectivity index (χ4n) is 6.84. The summed E-state index contributed by atoms with van der Waals surface area (Å²) in [5.74, 6) is 0. The van der Waals surface area contributed by atoms with Gasteiger partial charge in [-0.15, -0.1) is 0 Å². The number of rotatable bonds is 18. The van der Waals surface area contributed by atoms with E-state index in [2.05, 4.69) is 0 Å². The van der Waals surface area contributed by atoms with Crippen molar-refractivity contribution in [1.29, 1.82) is 0 Å². The summed E-state index contributed by atoms with van der Waals surface area (Å²) < 4.78 is 77.7. The van der Waals surface area contributed by atoms with Gasteiger partial charge in [0.25, 0.3) is 0 Å². The van der Waals surface area contributed by atoms with Crippen LogP contribution < -0.4 is 0 Å². The molecule has 2 aliphatic rings. The van der Waals surface area contributed by atoms with Crippen molar-refractivity contribution >= 4 is 23.4 Å². The number of thioether (sulfide) groups is 1. The molecule has 8 nitrogen and oxygen atoms in total. The molecule has 0 amide bonds. The molecule has 0 aromatic heterocycles. The number of aliphatic hydroxyl groups is 1. The fraction of sp³-hybridized carbons (Fsp3) is 0.348. The molecule has 2 fully saturated rings. The highest BCUT2D eigenvalue weighted by atomic mass is 35.5. The maximum Gasteiger partial charge on any atom is 0.192 e. The number of halogens is 3. The molecule has 10 atom stereocenters. The molecule has 12 heteroatoms. The molecule has 0 bridgehead atoms. The van der Waals surface area contributed by atoms with E-state index < -0.39 is 60.7 Å². The van der Waals surface area contributed by atoms with Gasteiger partial charge in [0.05, 0.1) is 39.6 Å². The van der Waals surface area contributed by atoms with Gasteiger partial charge in [0, 0.05) is 9.92 Å². The van der Waals surface area contributed by atoms with Crippen LogP contribution in [0.1, 0.15) is 22.3 Å². The first-order valence-electron chi connectivity index (χ1n) is 19.3. The highest BCUT2D eigenvalue weighted by molar-refractivity contribution is 7.99. The smallest absolute Gasteiger partial charge is 0.192 e. The Labute approximate surface area is 347 Å². The highest BCUT2D eigenvalue weighted by Gasteiger charge is 2.53. The van der Waals surface area contributed by atoms with Gasteiger partial charge >= 0.3 is 0 Å². The van der Waals surface area contributed by atoms with E-state index in [9.17, 15) is 5.11 Å². The van der Waals surface area contributed by atoms with Gasteiger partial charge in [-0.25, -0.2) is 8.78 Å².